The van der Waals surface area contributed by atoms with Gasteiger partial charge in [-0.1, -0.05) is 26.7 Å². The fraction of sp³-hybridized carbons (Fsp3) is 0.778. The molecule has 0 aromatic heterocycles. The first kappa shape index (κ1) is 13.2. The van der Waals surface area contributed by atoms with Crippen LogP contribution in [0.4, 0.5) is 4.79 Å². The molecule has 0 rings (SSSR count). The molecule has 0 aliphatic carbocycles. The summed E-state index contributed by atoms with van der Waals surface area (Å²) < 4.78 is 8.90. The Bertz CT molecular complexity index is 193. The number of halogens is 1. The Hall–Kier alpha value is -0.770. The zero-order valence-electron chi connectivity index (χ0n) is 8.42. The topological polar surface area (TPSA) is 52.6 Å². The summed E-state index contributed by atoms with van der Waals surface area (Å²) in [6, 6.07) is 0. The maximum absolute atomic E-state index is 11.2. The molecule has 0 spiro atoms. The third-order valence-corrected chi connectivity index (χ3v) is 1.88. The van der Waals surface area contributed by atoms with Gasteiger partial charge in [0.25, 0.3) is 0 Å². The highest BCUT2D eigenvalue weighted by Gasteiger charge is 2.13. The molecule has 0 aliphatic heterocycles. The Kier molecular flexibility index (Phi) is 7.20. The molecule has 82 valence electrons. The maximum Gasteiger partial charge on any atom is 0.406 e. The number of carbonyl (C=O) groups excluding carboxylic acids is 2. The SMILES string of the molecule is CCCCC(C)C(=O)OCOC(=O)Cl. The number of hydrogen-bond acceptors (Lipinski definition) is 4. The Balaban J connectivity index is 3.56. The number of hydrogen-bond donors (Lipinski definition) is 0. The molecular formula is C9H15ClO4. The smallest absolute Gasteiger partial charge is 0.406 e. The molecule has 0 fully saturated rings. The van der Waals surface area contributed by atoms with E-state index in [1.165, 1.54) is 0 Å². The summed E-state index contributed by atoms with van der Waals surface area (Å²) in [6.45, 7) is 3.42. The van der Waals surface area contributed by atoms with Crippen LogP contribution >= 0.6 is 11.6 Å². The summed E-state index contributed by atoms with van der Waals surface area (Å²) in [5.41, 5.74) is -0.973. The molecule has 0 saturated carbocycles. The zero-order chi connectivity index (χ0) is 11.0. The lowest BCUT2D eigenvalue weighted by atomic mass is 10.1. The van der Waals surface area contributed by atoms with E-state index in [2.05, 4.69) is 9.47 Å². The summed E-state index contributed by atoms with van der Waals surface area (Å²) in [5.74, 6) is -0.527. The lowest BCUT2D eigenvalue weighted by molar-refractivity contribution is -0.156. The highest BCUT2D eigenvalue weighted by Crippen LogP contribution is 2.09. The highest BCUT2D eigenvalue weighted by atomic mass is 35.5. The second-order valence-electron chi connectivity index (χ2n) is 3.01. The molecule has 4 nitrogen and oxygen atoms in total. The lowest BCUT2D eigenvalue weighted by Crippen LogP contribution is -2.17. The van der Waals surface area contributed by atoms with Crippen molar-refractivity contribution in [2.45, 2.75) is 33.1 Å². The lowest BCUT2D eigenvalue weighted by Gasteiger charge is -2.09. The van der Waals surface area contributed by atoms with E-state index in [0.717, 1.165) is 19.3 Å². The van der Waals surface area contributed by atoms with Gasteiger partial charge in [0.05, 0.1) is 5.92 Å². The van der Waals surface area contributed by atoms with Crippen molar-refractivity contribution in [3.63, 3.8) is 0 Å². The van der Waals surface area contributed by atoms with Gasteiger partial charge in [0.1, 0.15) is 0 Å². The number of ether oxygens (including phenoxy) is 2. The van der Waals surface area contributed by atoms with Crippen LogP contribution in [-0.4, -0.2) is 18.2 Å². The Morgan fingerprint density at radius 2 is 2.00 bits per heavy atom. The van der Waals surface area contributed by atoms with Crippen molar-refractivity contribution in [3.8, 4) is 0 Å². The van der Waals surface area contributed by atoms with Crippen LogP contribution in [0.5, 0.6) is 0 Å². The van der Waals surface area contributed by atoms with E-state index >= 15 is 0 Å². The summed E-state index contributed by atoms with van der Waals surface area (Å²) in [6.07, 6.45) is 2.80. The zero-order valence-corrected chi connectivity index (χ0v) is 9.17. The number of unbranched alkanes of at least 4 members (excludes halogenated alkanes) is 1. The van der Waals surface area contributed by atoms with Gasteiger partial charge in [-0.15, -0.1) is 0 Å². The van der Waals surface area contributed by atoms with E-state index < -0.39 is 12.2 Å². The van der Waals surface area contributed by atoms with Crippen molar-refractivity contribution >= 4 is 23.0 Å². The first-order chi connectivity index (χ1) is 6.57. The fourth-order valence-corrected chi connectivity index (χ4v) is 0.949. The third kappa shape index (κ3) is 6.71. The molecule has 0 aromatic carbocycles. The van der Waals surface area contributed by atoms with E-state index in [9.17, 15) is 9.59 Å². The molecule has 1 atom stereocenters. The van der Waals surface area contributed by atoms with Crippen LogP contribution in [0.3, 0.4) is 0 Å². The predicted molar refractivity (Wildman–Crippen MR) is 52.0 cm³/mol. The molecule has 0 radical (unpaired) electrons. The summed E-state index contributed by atoms with van der Waals surface area (Å²) in [7, 11) is 0. The molecule has 0 saturated heterocycles. The molecule has 0 aromatic rings. The van der Waals surface area contributed by atoms with Gasteiger partial charge in [0.15, 0.2) is 0 Å². The van der Waals surface area contributed by atoms with E-state index in [1.807, 2.05) is 6.92 Å². The summed E-state index contributed by atoms with van der Waals surface area (Å²) in [5, 5.41) is 0. The highest BCUT2D eigenvalue weighted by molar-refractivity contribution is 6.61. The van der Waals surface area contributed by atoms with Crippen LogP contribution in [0.15, 0.2) is 0 Å². The van der Waals surface area contributed by atoms with Gasteiger partial charge in [-0.05, 0) is 6.42 Å². The van der Waals surface area contributed by atoms with E-state index in [1.54, 1.807) is 6.92 Å². The van der Waals surface area contributed by atoms with Crippen LogP contribution in [0.1, 0.15) is 33.1 Å². The van der Waals surface area contributed by atoms with Crippen LogP contribution in [-0.2, 0) is 14.3 Å². The van der Waals surface area contributed by atoms with Crippen molar-refractivity contribution in [2.75, 3.05) is 6.79 Å². The van der Waals surface area contributed by atoms with Crippen molar-refractivity contribution in [2.24, 2.45) is 5.92 Å². The molecule has 14 heavy (non-hydrogen) atoms. The number of esters is 1. The number of carbonyl (C=O) groups is 2. The molecule has 0 heterocycles. The van der Waals surface area contributed by atoms with Gasteiger partial charge in [-0.25, -0.2) is 4.79 Å². The maximum atomic E-state index is 11.2. The van der Waals surface area contributed by atoms with Crippen molar-refractivity contribution < 1.29 is 19.1 Å². The van der Waals surface area contributed by atoms with E-state index in [-0.39, 0.29) is 11.9 Å². The first-order valence-corrected chi connectivity index (χ1v) is 4.94. The standard InChI is InChI=1S/C9H15ClO4/c1-3-4-5-7(2)8(11)13-6-14-9(10)12/h7H,3-6H2,1-2H3. The second kappa shape index (κ2) is 7.62. The van der Waals surface area contributed by atoms with Gasteiger partial charge >= 0.3 is 11.4 Å². The largest absolute Gasteiger partial charge is 0.428 e. The summed E-state index contributed by atoms with van der Waals surface area (Å²) in [4.78, 5) is 21.3. The van der Waals surface area contributed by atoms with Crippen molar-refractivity contribution in [3.05, 3.63) is 0 Å². The summed E-state index contributed by atoms with van der Waals surface area (Å²) >= 11 is 4.87. The average Bonchev–Trinajstić information content (AvgIpc) is 2.13. The molecule has 5 heteroatoms. The molecule has 0 bridgehead atoms. The van der Waals surface area contributed by atoms with Gasteiger partial charge in [-0.2, -0.15) is 0 Å². The van der Waals surface area contributed by atoms with Gasteiger partial charge in [-0.3, -0.25) is 4.79 Å². The molecular weight excluding hydrogens is 208 g/mol. The Labute approximate surface area is 88.5 Å². The van der Waals surface area contributed by atoms with Crippen LogP contribution in [0.2, 0.25) is 0 Å². The van der Waals surface area contributed by atoms with Crippen LogP contribution < -0.4 is 0 Å². The average molecular weight is 223 g/mol. The van der Waals surface area contributed by atoms with Gasteiger partial charge in [0, 0.05) is 11.6 Å². The third-order valence-electron chi connectivity index (χ3n) is 1.77. The molecule has 0 N–H and O–H groups in total. The predicted octanol–water partition coefficient (Wildman–Crippen LogP) is 2.69. The molecule has 0 amide bonds. The Morgan fingerprint density at radius 1 is 1.36 bits per heavy atom. The van der Waals surface area contributed by atoms with Gasteiger partial charge in [0.2, 0.25) is 6.79 Å². The second-order valence-corrected chi connectivity index (χ2v) is 3.32. The molecule has 0 aliphatic rings. The minimum atomic E-state index is -0.973. The fourth-order valence-electron chi connectivity index (χ4n) is 0.904. The van der Waals surface area contributed by atoms with Gasteiger partial charge < -0.3 is 9.47 Å². The minimum Gasteiger partial charge on any atom is -0.428 e. The quantitative estimate of drug-likeness (QED) is 0.394. The van der Waals surface area contributed by atoms with Crippen molar-refractivity contribution in [1.29, 1.82) is 0 Å². The Morgan fingerprint density at radius 3 is 2.50 bits per heavy atom. The normalized spacial score (nSPS) is 11.9. The van der Waals surface area contributed by atoms with Crippen LogP contribution in [0, 0.1) is 5.92 Å². The van der Waals surface area contributed by atoms with Crippen LogP contribution in [0.25, 0.3) is 0 Å². The van der Waals surface area contributed by atoms with E-state index in [0.29, 0.717) is 0 Å². The van der Waals surface area contributed by atoms with Crippen molar-refractivity contribution in [1.82, 2.24) is 0 Å². The monoisotopic (exact) mass is 222 g/mol. The number of rotatable bonds is 6. The molecule has 1 unspecified atom stereocenters. The first-order valence-electron chi connectivity index (χ1n) is 4.56. The van der Waals surface area contributed by atoms with E-state index in [4.69, 9.17) is 11.6 Å². The minimum absolute atomic E-state index is 0.163.